The molecule has 0 radical (unpaired) electrons. The Bertz CT molecular complexity index is 97.2. The molecule has 0 aliphatic heterocycles. The van der Waals surface area contributed by atoms with E-state index < -0.39 is 12.2 Å². The first-order valence-electron chi connectivity index (χ1n) is 2.87. The second kappa shape index (κ2) is 4.44. The highest BCUT2D eigenvalue weighted by Crippen LogP contribution is 2.03. The quantitative estimate of drug-likeness (QED) is 0.628. The third-order valence-corrected chi connectivity index (χ3v) is 0.903. The fourth-order valence-corrected chi connectivity index (χ4v) is 0.525. The number of hydrogen-bond donors (Lipinski definition) is 1. The molecule has 0 saturated heterocycles. The first-order chi connectivity index (χ1) is 4.16. The van der Waals surface area contributed by atoms with Gasteiger partial charge in [0.25, 0.3) is 6.08 Å². The monoisotopic (exact) mass is 136 g/mol. The van der Waals surface area contributed by atoms with Crippen LogP contribution in [0.4, 0.5) is 8.78 Å². The van der Waals surface area contributed by atoms with Crippen LogP contribution in [-0.2, 0) is 0 Å². The Balaban J connectivity index is 3.49. The summed E-state index contributed by atoms with van der Waals surface area (Å²) in [5, 5.41) is 8.66. The van der Waals surface area contributed by atoms with Crippen molar-refractivity contribution in [1.29, 1.82) is 0 Å². The van der Waals surface area contributed by atoms with Gasteiger partial charge in [0.05, 0.1) is 6.10 Å². The lowest BCUT2D eigenvalue weighted by atomic mass is 10.2. The average molecular weight is 136 g/mol. The Morgan fingerprint density at radius 3 is 2.56 bits per heavy atom. The van der Waals surface area contributed by atoms with Crippen LogP contribution >= 0.6 is 0 Å². The van der Waals surface area contributed by atoms with E-state index in [1.807, 2.05) is 6.92 Å². The van der Waals surface area contributed by atoms with Crippen LogP contribution in [-0.4, -0.2) is 11.2 Å². The third-order valence-electron chi connectivity index (χ3n) is 0.903. The van der Waals surface area contributed by atoms with Gasteiger partial charge in [-0.3, -0.25) is 0 Å². The van der Waals surface area contributed by atoms with Gasteiger partial charge >= 0.3 is 0 Å². The highest BCUT2D eigenvalue weighted by atomic mass is 19.3. The Labute approximate surface area is 53.0 Å². The van der Waals surface area contributed by atoms with E-state index >= 15 is 0 Å². The predicted octanol–water partition coefficient (Wildman–Crippen LogP) is 1.93. The van der Waals surface area contributed by atoms with Gasteiger partial charge in [0.2, 0.25) is 0 Å². The highest BCUT2D eigenvalue weighted by Gasteiger charge is 1.99. The van der Waals surface area contributed by atoms with Gasteiger partial charge in [-0.25, -0.2) is 0 Å². The van der Waals surface area contributed by atoms with Crippen LogP contribution in [0.1, 0.15) is 19.8 Å². The zero-order valence-electron chi connectivity index (χ0n) is 5.27. The number of rotatable bonds is 3. The molecule has 0 aromatic carbocycles. The highest BCUT2D eigenvalue weighted by molar-refractivity contribution is 4.87. The van der Waals surface area contributed by atoms with E-state index in [9.17, 15) is 8.78 Å². The summed E-state index contributed by atoms with van der Waals surface area (Å²) in [5.74, 6) is 0. The zero-order valence-corrected chi connectivity index (χ0v) is 5.27. The number of halogens is 2. The maximum absolute atomic E-state index is 11.3. The second-order valence-electron chi connectivity index (χ2n) is 1.81. The maximum Gasteiger partial charge on any atom is 0.268 e. The fraction of sp³-hybridized carbons (Fsp3) is 0.667. The van der Waals surface area contributed by atoms with Crippen LogP contribution in [0.2, 0.25) is 0 Å². The molecule has 0 fully saturated rings. The van der Waals surface area contributed by atoms with Crippen molar-refractivity contribution in [3.05, 3.63) is 12.2 Å². The molecule has 1 unspecified atom stereocenters. The van der Waals surface area contributed by atoms with E-state index in [0.29, 0.717) is 18.9 Å². The first kappa shape index (κ1) is 8.56. The number of hydrogen-bond acceptors (Lipinski definition) is 1. The minimum atomic E-state index is -1.81. The molecule has 0 spiro atoms. The molecule has 0 amide bonds. The van der Waals surface area contributed by atoms with Crippen molar-refractivity contribution in [1.82, 2.24) is 0 Å². The maximum atomic E-state index is 11.3. The molecule has 0 aromatic rings. The number of aliphatic hydroxyl groups is 1. The standard InChI is InChI=1S/C6H10F2O/c1-2-3-5(9)4-6(7)8/h4-5,9H,2-3H2,1H3. The van der Waals surface area contributed by atoms with Crippen LogP contribution in [0.3, 0.4) is 0 Å². The van der Waals surface area contributed by atoms with Gasteiger partial charge in [-0.15, -0.1) is 0 Å². The van der Waals surface area contributed by atoms with Gasteiger partial charge in [-0.1, -0.05) is 13.3 Å². The van der Waals surface area contributed by atoms with E-state index in [2.05, 4.69) is 0 Å². The number of aliphatic hydroxyl groups excluding tert-OH is 1. The van der Waals surface area contributed by atoms with Crippen LogP contribution in [0.5, 0.6) is 0 Å². The summed E-state index contributed by atoms with van der Waals surface area (Å²) in [6.07, 6.45) is -1.11. The normalized spacial score (nSPS) is 12.9. The van der Waals surface area contributed by atoms with Crippen LogP contribution in [0, 0.1) is 0 Å². The topological polar surface area (TPSA) is 20.2 Å². The van der Waals surface area contributed by atoms with Crippen molar-refractivity contribution in [2.24, 2.45) is 0 Å². The molecule has 0 aliphatic carbocycles. The summed E-state index contributed by atoms with van der Waals surface area (Å²) in [6.45, 7) is 1.83. The molecule has 0 aliphatic rings. The van der Waals surface area contributed by atoms with Crippen molar-refractivity contribution in [2.75, 3.05) is 0 Å². The van der Waals surface area contributed by atoms with E-state index in [4.69, 9.17) is 5.11 Å². The molecule has 1 nitrogen and oxygen atoms in total. The third kappa shape index (κ3) is 5.43. The van der Waals surface area contributed by atoms with E-state index in [1.165, 1.54) is 0 Å². The molecule has 0 saturated carbocycles. The van der Waals surface area contributed by atoms with E-state index in [-0.39, 0.29) is 0 Å². The average Bonchev–Trinajstić information content (AvgIpc) is 1.63. The molecule has 0 heterocycles. The van der Waals surface area contributed by atoms with E-state index in [0.717, 1.165) is 0 Å². The summed E-state index contributed by atoms with van der Waals surface area (Å²) < 4.78 is 22.6. The molecule has 0 rings (SSSR count). The Hall–Kier alpha value is -0.440. The first-order valence-corrected chi connectivity index (χ1v) is 2.87. The van der Waals surface area contributed by atoms with Gasteiger partial charge in [0.15, 0.2) is 0 Å². The van der Waals surface area contributed by atoms with Crippen molar-refractivity contribution in [3.8, 4) is 0 Å². The molecule has 0 aromatic heterocycles. The van der Waals surface area contributed by atoms with E-state index in [1.54, 1.807) is 0 Å². The SMILES string of the molecule is CCCC(O)C=C(F)F. The summed E-state index contributed by atoms with van der Waals surface area (Å²) in [6, 6.07) is 0. The summed E-state index contributed by atoms with van der Waals surface area (Å²) in [7, 11) is 0. The Morgan fingerprint density at radius 1 is 1.67 bits per heavy atom. The lowest BCUT2D eigenvalue weighted by Gasteiger charge is -1.98. The Kier molecular flexibility index (Phi) is 4.22. The van der Waals surface area contributed by atoms with Gasteiger partial charge in [0, 0.05) is 6.08 Å². The van der Waals surface area contributed by atoms with Crippen molar-refractivity contribution < 1.29 is 13.9 Å². The van der Waals surface area contributed by atoms with Gasteiger partial charge in [-0.05, 0) is 6.42 Å². The van der Waals surface area contributed by atoms with Crippen LogP contribution in [0.15, 0.2) is 12.2 Å². The predicted molar refractivity (Wildman–Crippen MR) is 31.2 cm³/mol. The molecule has 54 valence electrons. The molecular weight excluding hydrogens is 126 g/mol. The zero-order chi connectivity index (χ0) is 7.28. The minimum absolute atomic E-state index is 0.400. The van der Waals surface area contributed by atoms with Crippen molar-refractivity contribution in [2.45, 2.75) is 25.9 Å². The molecule has 9 heavy (non-hydrogen) atoms. The van der Waals surface area contributed by atoms with Crippen LogP contribution < -0.4 is 0 Å². The smallest absolute Gasteiger partial charge is 0.268 e. The fourth-order valence-electron chi connectivity index (χ4n) is 0.525. The lowest BCUT2D eigenvalue weighted by Crippen LogP contribution is -2.00. The van der Waals surface area contributed by atoms with Crippen molar-refractivity contribution >= 4 is 0 Å². The summed E-state index contributed by atoms with van der Waals surface area (Å²) in [4.78, 5) is 0. The molecule has 0 bridgehead atoms. The van der Waals surface area contributed by atoms with Gasteiger partial charge in [-0.2, -0.15) is 8.78 Å². The molecule has 3 heteroatoms. The summed E-state index contributed by atoms with van der Waals surface area (Å²) >= 11 is 0. The van der Waals surface area contributed by atoms with Gasteiger partial charge < -0.3 is 5.11 Å². The second-order valence-corrected chi connectivity index (χ2v) is 1.81. The van der Waals surface area contributed by atoms with Crippen LogP contribution in [0.25, 0.3) is 0 Å². The van der Waals surface area contributed by atoms with Gasteiger partial charge in [0.1, 0.15) is 0 Å². The lowest BCUT2D eigenvalue weighted by molar-refractivity contribution is 0.204. The largest absolute Gasteiger partial charge is 0.389 e. The summed E-state index contributed by atoms with van der Waals surface area (Å²) in [5.41, 5.74) is 0. The minimum Gasteiger partial charge on any atom is -0.389 e. The van der Waals surface area contributed by atoms with Crippen molar-refractivity contribution in [3.63, 3.8) is 0 Å². The molecular formula is C6H10F2O. The molecule has 1 atom stereocenters. The molecule has 1 N–H and O–H groups in total. The Morgan fingerprint density at radius 2 is 2.22 bits per heavy atom.